The van der Waals surface area contributed by atoms with E-state index in [2.05, 4.69) is 4.72 Å². The van der Waals surface area contributed by atoms with Crippen LogP contribution in [-0.2, 0) is 10.0 Å². The minimum Gasteiger partial charge on any atom is -0.393 e. The molecule has 2 aromatic carbocycles. The Morgan fingerprint density at radius 3 is 2.52 bits per heavy atom. The average molecular weight is 311 g/mol. The molecular formula is C12H10FN3O4S. The van der Waals surface area contributed by atoms with E-state index < -0.39 is 26.5 Å². The number of nitro benzene ring substituents is 1. The van der Waals surface area contributed by atoms with Crippen LogP contribution in [0.25, 0.3) is 0 Å². The van der Waals surface area contributed by atoms with Gasteiger partial charge in [0.2, 0.25) is 0 Å². The lowest BCUT2D eigenvalue weighted by Gasteiger charge is -2.08. The third-order valence-corrected chi connectivity index (χ3v) is 3.96. The smallest absolute Gasteiger partial charge is 0.294 e. The quantitative estimate of drug-likeness (QED) is 0.510. The lowest BCUT2D eigenvalue weighted by Crippen LogP contribution is -2.13. The highest BCUT2D eigenvalue weighted by atomic mass is 32.2. The molecule has 0 fully saturated rings. The predicted octanol–water partition coefficient (Wildman–Crippen LogP) is 2.12. The highest BCUT2D eigenvalue weighted by molar-refractivity contribution is 7.92. The number of sulfonamides is 1. The molecule has 0 saturated heterocycles. The van der Waals surface area contributed by atoms with Crippen LogP contribution in [0, 0.1) is 15.9 Å². The Morgan fingerprint density at radius 1 is 1.19 bits per heavy atom. The van der Waals surface area contributed by atoms with Crippen molar-refractivity contribution in [1.29, 1.82) is 0 Å². The fraction of sp³-hybridized carbons (Fsp3) is 0. The van der Waals surface area contributed by atoms with Crippen molar-refractivity contribution >= 4 is 27.1 Å². The second-order valence-electron chi connectivity index (χ2n) is 4.09. The van der Waals surface area contributed by atoms with Crippen molar-refractivity contribution in [1.82, 2.24) is 0 Å². The predicted molar refractivity (Wildman–Crippen MR) is 74.7 cm³/mol. The summed E-state index contributed by atoms with van der Waals surface area (Å²) in [7, 11) is -4.04. The maximum Gasteiger partial charge on any atom is 0.294 e. The molecule has 0 radical (unpaired) electrons. The first-order valence-corrected chi connectivity index (χ1v) is 7.10. The number of nitrogens with one attached hydrogen (secondary N) is 1. The first-order valence-electron chi connectivity index (χ1n) is 5.62. The van der Waals surface area contributed by atoms with Gasteiger partial charge < -0.3 is 5.73 Å². The molecule has 0 aromatic heterocycles. The number of rotatable bonds is 4. The topological polar surface area (TPSA) is 115 Å². The summed E-state index contributed by atoms with van der Waals surface area (Å²) < 4.78 is 39.3. The first kappa shape index (κ1) is 14.7. The summed E-state index contributed by atoms with van der Waals surface area (Å²) in [6, 6.07) is 7.88. The normalized spacial score (nSPS) is 11.1. The van der Waals surface area contributed by atoms with Crippen molar-refractivity contribution < 1.29 is 17.7 Å². The summed E-state index contributed by atoms with van der Waals surface area (Å²) in [4.78, 5) is 9.74. The maximum atomic E-state index is 13.1. The molecule has 2 aromatic rings. The van der Waals surface area contributed by atoms with Gasteiger partial charge in [-0.15, -0.1) is 0 Å². The van der Waals surface area contributed by atoms with E-state index in [1.54, 1.807) is 0 Å². The van der Waals surface area contributed by atoms with Crippen molar-refractivity contribution in [2.45, 2.75) is 4.90 Å². The summed E-state index contributed by atoms with van der Waals surface area (Å²) in [5.41, 5.74) is 4.86. The van der Waals surface area contributed by atoms with Crippen LogP contribution >= 0.6 is 0 Å². The summed E-state index contributed by atoms with van der Waals surface area (Å²) in [5.74, 6) is -0.707. The SMILES string of the molecule is Nc1ccc(NS(=O)(=O)c2cccc(F)c2)cc1[N+](=O)[O-]. The first-order chi connectivity index (χ1) is 9.79. The van der Waals surface area contributed by atoms with E-state index in [4.69, 9.17) is 5.73 Å². The van der Waals surface area contributed by atoms with Crippen molar-refractivity contribution in [3.63, 3.8) is 0 Å². The van der Waals surface area contributed by atoms with E-state index in [9.17, 15) is 22.9 Å². The van der Waals surface area contributed by atoms with Crippen LogP contribution in [0.1, 0.15) is 0 Å². The number of nitro groups is 1. The summed E-state index contributed by atoms with van der Waals surface area (Å²) in [6.07, 6.45) is 0. The molecule has 2 rings (SSSR count). The Morgan fingerprint density at radius 2 is 1.90 bits per heavy atom. The molecule has 0 aliphatic rings. The Hall–Kier alpha value is -2.68. The van der Waals surface area contributed by atoms with Gasteiger partial charge in [-0.3, -0.25) is 14.8 Å². The maximum absolute atomic E-state index is 13.1. The van der Waals surface area contributed by atoms with Gasteiger partial charge in [0, 0.05) is 6.07 Å². The number of hydrogen-bond acceptors (Lipinski definition) is 5. The third-order valence-electron chi connectivity index (χ3n) is 2.59. The molecule has 3 N–H and O–H groups in total. The molecule has 0 aliphatic carbocycles. The Labute approximate surface area is 119 Å². The molecule has 7 nitrogen and oxygen atoms in total. The van der Waals surface area contributed by atoms with E-state index in [-0.39, 0.29) is 16.3 Å². The second-order valence-corrected chi connectivity index (χ2v) is 5.78. The number of nitrogens with two attached hydrogens (primary N) is 1. The fourth-order valence-corrected chi connectivity index (χ4v) is 2.69. The molecule has 0 atom stereocenters. The van der Waals surface area contributed by atoms with Crippen molar-refractivity contribution in [3.8, 4) is 0 Å². The van der Waals surface area contributed by atoms with Gasteiger partial charge in [0.25, 0.3) is 15.7 Å². The highest BCUT2D eigenvalue weighted by Gasteiger charge is 2.18. The molecule has 0 spiro atoms. The van der Waals surface area contributed by atoms with E-state index in [0.717, 1.165) is 18.2 Å². The Bertz CT molecular complexity index is 808. The van der Waals surface area contributed by atoms with Crippen LogP contribution in [0.15, 0.2) is 47.4 Å². The van der Waals surface area contributed by atoms with E-state index in [1.807, 2.05) is 0 Å². The van der Waals surface area contributed by atoms with Gasteiger partial charge >= 0.3 is 0 Å². The average Bonchev–Trinajstić information content (AvgIpc) is 2.40. The fourth-order valence-electron chi connectivity index (χ4n) is 1.61. The van der Waals surface area contributed by atoms with Crippen molar-refractivity contribution in [3.05, 3.63) is 58.4 Å². The number of nitrogens with zero attached hydrogens (tertiary/aromatic N) is 1. The molecule has 0 saturated carbocycles. The molecule has 0 amide bonds. The largest absolute Gasteiger partial charge is 0.393 e. The minimum atomic E-state index is -4.04. The lowest BCUT2D eigenvalue weighted by molar-refractivity contribution is -0.383. The van der Waals surface area contributed by atoms with Gasteiger partial charge in [0.1, 0.15) is 11.5 Å². The third kappa shape index (κ3) is 3.26. The van der Waals surface area contributed by atoms with E-state index in [0.29, 0.717) is 0 Å². The molecule has 0 aliphatic heterocycles. The number of hydrogen-bond donors (Lipinski definition) is 2. The van der Waals surface area contributed by atoms with Gasteiger partial charge in [-0.25, -0.2) is 12.8 Å². The van der Waals surface area contributed by atoms with Crippen LogP contribution < -0.4 is 10.5 Å². The zero-order valence-corrected chi connectivity index (χ0v) is 11.3. The molecule has 0 heterocycles. The van der Waals surface area contributed by atoms with Crippen molar-refractivity contribution in [2.75, 3.05) is 10.5 Å². The minimum absolute atomic E-state index is 0.0415. The van der Waals surface area contributed by atoms with E-state index >= 15 is 0 Å². The Balaban J connectivity index is 2.37. The van der Waals surface area contributed by atoms with Crippen LogP contribution in [0.3, 0.4) is 0 Å². The van der Waals surface area contributed by atoms with Gasteiger partial charge in [0.05, 0.1) is 15.5 Å². The van der Waals surface area contributed by atoms with Crippen LogP contribution in [-0.4, -0.2) is 13.3 Å². The highest BCUT2D eigenvalue weighted by Crippen LogP contribution is 2.26. The molecule has 110 valence electrons. The zero-order chi connectivity index (χ0) is 15.6. The number of halogens is 1. The number of nitrogen functional groups attached to an aromatic ring is 1. The van der Waals surface area contributed by atoms with Crippen LogP contribution in [0.4, 0.5) is 21.5 Å². The molecule has 21 heavy (non-hydrogen) atoms. The van der Waals surface area contributed by atoms with Crippen LogP contribution in [0.2, 0.25) is 0 Å². The molecule has 0 bridgehead atoms. The zero-order valence-electron chi connectivity index (χ0n) is 10.5. The molecule has 9 heteroatoms. The standard InChI is InChI=1S/C12H10FN3O4S/c13-8-2-1-3-10(6-8)21(19,20)15-9-4-5-11(14)12(7-9)16(17)18/h1-7,15H,14H2. The summed E-state index contributed by atoms with van der Waals surface area (Å²) >= 11 is 0. The molecule has 0 unspecified atom stereocenters. The molecular weight excluding hydrogens is 301 g/mol. The van der Waals surface area contributed by atoms with E-state index in [1.165, 1.54) is 24.3 Å². The Kier molecular flexibility index (Phi) is 3.76. The van der Waals surface area contributed by atoms with Crippen LogP contribution in [0.5, 0.6) is 0 Å². The lowest BCUT2D eigenvalue weighted by atomic mass is 10.2. The van der Waals surface area contributed by atoms with Gasteiger partial charge in [-0.1, -0.05) is 6.07 Å². The van der Waals surface area contributed by atoms with Gasteiger partial charge in [-0.2, -0.15) is 0 Å². The summed E-state index contributed by atoms with van der Waals surface area (Å²) in [6.45, 7) is 0. The number of benzene rings is 2. The monoisotopic (exact) mass is 311 g/mol. The summed E-state index contributed by atoms with van der Waals surface area (Å²) in [5, 5.41) is 10.8. The number of anilines is 2. The van der Waals surface area contributed by atoms with Gasteiger partial charge in [-0.05, 0) is 30.3 Å². The van der Waals surface area contributed by atoms with Crippen molar-refractivity contribution in [2.24, 2.45) is 0 Å². The second kappa shape index (κ2) is 5.37. The van der Waals surface area contributed by atoms with Gasteiger partial charge in [0.15, 0.2) is 0 Å².